The average molecular weight is 207 g/mol. The van der Waals surface area contributed by atoms with Gasteiger partial charge in [-0.05, 0) is 5.56 Å². The van der Waals surface area contributed by atoms with E-state index in [9.17, 15) is 5.11 Å². The van der Waals surface area contributed by atoms with Gasteiger partial charge in [-0.3, -0.25) is 0 Å². The average Bonchev–Trinajstić information content (AvgIpc) is 2.55. The smallest absolute Gasteiger partial charge is 0.0591 e. The highest BCUT2D eigenvalue weighted by atomic mass is 16.5. The van der Waals surface area contributed by atoms with Crippen molar-refractivity contribution in [3.63, 3.8) is 0 Å². The highest BCUT2D eigenvalue weighted by Gasteiger charge is 2.24. The molecule has 1 aromatic rings. The monoisotopic (exact) mass is 207 g/mol. The normalized spacial score (nSPS) is 27.3. The maximum Gasteiger partial charge on any atom is 0.0591 e. The Bertz CT molecular complexity index is 289. The van der Waals surface area contributed by atoms with Gasteiger partial charge in [0, 0.05) is 18.5 Å². The van der Waals surface area contributed by atoms with Crippen LogP contribution < -0.4 is 5.32 Å². The van der Waals surface area contributed by atoms with E-state index in [1.807, 2.05) is 18.2 Å². The molecule has 3 nitrogen and oxygen atoms in total. The van der Waals surface area contributed by atoms with Crippen LogP contribution in [0.3, 0.4) is 0 Å². The molecule has 15 heavy (non-hydrogen) atoms. The van der Waals surface area contributed by atoms with Crippen molar-refractivity contribution < 1.29 is 9.84 Å². The maximum atomic E-state index is 9.33. The molecule has 1 saturated heterocycles. The Morgan fingerprint density at radius 2 is 2.13 bits per heavy atom. The second kappa shape index (κ2) is 5.26. The van der Waals surface area contributed by atoms with E-state index >= 15 is 0 Å². The van der Waals surface area contributed by atoms with Crippen LogP contribution in [0.25, 0.3) is 0 Å². The van der Waals surface area contributed by atoms with Crippen molar-refractivity contribution in [3.8, 4) is 0 Å². The zero-order valence-corrected chi connectivity index (χ0v) is 8.73. The number of aliphatic hydroxyl groups excluding tert-OH is 1. The number of hydrogen-bond acceptors (Lipinski definition) is 3. The third-order valence-electron chi connectivity index (χ3n) is 2.86. The second-order valence-electron chi connectivity index (χ2n) is 3.84. The van der Waals surface area contributed by atoms with E-state index in [-0.39, 0.29) is 18.6 Å². The molecule has 2 N–H and O–H groups in total. The van der Waals surface area contributed by atoms with Crippen molar-refractivity contribution in [2.75, 3.05) is 26.4 Å². The first-order valence-corrected chi connectivity index (χ1v) is 5.38. The Kier molecular flexibility index (Phi) is 3.72. The molecule has 1 fully saturated rings. The fraction of sp³-hybridized carbons (Fsp3) is 0.500. The molecule has 2 atom stereocenters. The molecule has 0 saturated carbocycles. The Morgan fingerprint density at radius 3 is 2.87 bits per heavy atom. The van der Waals surface area contributed by atoms with Crippen LogP contribution in [-0.4, -0.2) is 37.5 Å². The molecule has 1 aliphatic heterocycles. The molecule has 0 radical (unpaired) electrons. The van der Waals surface area contributed by atoms with Gasteiger partial charge in [-0.2, -0.15) is 0 Å². The van der Waals surface area contributed by atoms with Crippen LogP contribution in [0, 0.1) is 0 Å². The van der Waals surface area contributed by atoms with Gasteiger partial charge in [0.2, 0.25) is 0 Å². The van der Waals surface area contributed by atoms with Crippen LogP contribution in [0.5, 0.6) is 0 Å². The van der Waals surface area contributed by atoms with Gasteiger partial charge >= 0.3 is 0 Å². The number of benzene rings is 1. The summed E-state index contributed by atoms with van der Waals surface area (Å²) in [4.78, 5) is 0. The summed E-state index contributed by atoms with van der Waals surface area (Å²) in [6.45, 7) is 2.37. The molecule has 82 valence electrons. The molecular weight excluding hydrogens is 190 g/mol. The lowest BCUT2D eigenvalue weighted by atomic mass is 9.93. The van der Waals surface area contributed by atoms with E-state index in [0.717, 1.165) is 13.2 Å². The van der Waals surface area contributed by atoms with Crippen molar-refractivity contribution in [3.05, 3.63) is 35.9 Å². The van der Waals surface area contributed by atoms with Crippen LogP contribution in [0.2, 0.25) is 0 Å². The molecule has 2 unspecified atom stereocenters. The Morgan fingerprint density at radius 1 is 1.33 bits per heavy atom. The van der Waals surface area contributed by atoms with E-state index < -0.39 is 0 Å². The lowest BCUT2D eigenvalue weighted by Crippen LogP contribution is -2.38. The minimum Gasteiger partial charge on any atom is -0.395 e. The van der Waals surface area contributed by atoms with Crippen molar-refractivity contribution in [2.45, 2.75) is 12.0 Å². The summed E-state index contributed by atoms with van der Waals surface area (Å²) in [5.74, 6) is 0.249. The summed E-state index contributed by atoms with van der Waals surface area (Å²) in [6, 6.07) is 10.3. The van der Waals surface area contributed by atoms with E-state index in [2.05, 4.69) is 17.4 Å². The predicted molar refractivity (Wildman–Crippen MR) is 58.9 cm³/mol. The number of nitrogens with one attached hydrogen (secondary N) is 1. The number of aliphatic hydroxyl groups is 1. The molecule has 0 bridgehead atoms. The first kappa shape index (κ1) is 10.6. The van der Waals surface area contributed by atoms with Gasteiger partial charge < -0.3 is 15.2 Å². The Balaban J connectivity index is 2.16. The number of hydrogen-bond donors (Lipinski definition) is 2. The summed E-state index contributed by atoms with van der Waals surface area (Å²) in [5, 5.41) is 12.6. The Labute approximate surface area is 90.1 Å². The standard InChI is InChI=1S/C12H17NO2/c14-8-12-11(9-15-7-6-13-12)10-4-2-1-3-5-10/h1-5,11-14H,6-9H2. The molecule has 1 heterocycles. The van der Waals surface area contributed by atoms with Gasteiger partial charge in [0.1, 0.15) is 0 Å². The van der Waals surface area contributed by atoms with Crippen molar-refractivity contribution in [1.82, 2.24) is 5.32 Å². The lowest BCUT2D eigenvalue weighted by molar-refractivity contribution is 0.132. The van der Waals surface area contributed by atoms with E-state index in [1.165, 1.54) is 5.56 Å². The van der Waals surface area contributed by atoms with Crippen molar-refractivity contribution in [1.29, 1.82) is 0 Å². The van der Waals surface area contributed by atoms with Gasteiger partial charge in [-0.1, -0.05) is 30.3 Å². The second-order valence-corrected chi connectivity index (χ2v) is 3.84. The van der Waals surface area contributed by atoms with E-state index in [0.29, 0.717) is 6.61 Å². The van der Waals surface area contributed by atoms with Crippen LogP contribution in [0.15, 0.2) is 30.3 Å². The fourth-order valence-electron chi connectivity index (χ4n) is 2.01. The molecule has 1 aromatic carbocycles. The number of ether oxygens (including phenoxy) is 1. The SMILES string of the molecule is OCC1NCCOCC1c1ccccc1. The lowest BCUT2D eigenvalue weighted by Gasteiger charge is -2.23. The third kappa shape index (κ3) is 2.56. The minimum atomic E-state index is 0.106. The largest absolute Gasteiger partial charge is 0.395 e. The van der Waals surface area contributed by atoms with Crippen molar-refractivity contribution >= 4 is 0 Å². The summed E-state index contributed by atoms with van der Waals surface area (Å²) in [7, 11) is 0. The fourth-order valence-corrected chi connectivity index (χ4v) is 2.01. The van der Waals surface area contributed by atoms with Gasteiger partial charge in [0.05, 0.1) is 19.8 Å². The summed E-state index contributed by atoms with van der Waals surface area (Å²) in [6.07, 6.45) is 0. The summed E-state index contributed by atoms with van der Waals surface area (Å²) < 4.78 is 5.52. The molecule has 0 aromatic heterocycles. The molecular formula is C12H17NO2. The molecule has 1 aliphatic rings. The molecule has 2 rings (SSSR count). The van der Waals surface area contributed by atoms with Gasteiger partial charge in [0.25, 0.3) is 0 Å². The zero-order chi connectivity index (χ0) is 10.5. The first-order valence-electron chi connectivity index (χ1n) is 5.38. The maximum absolute atomic E-state index is 9.33. The van der Waals surface area contributed by atoms with Crippen molar-refractivity contribution in [2.24, 2.45) is 0 Å². The molecule has 3 heteroatoms. The summed E-state index contributed by atoms with van der Waals surface area (Å²) >= 11 is 0. The van der Waals surface area contributed by atoms with E-state index in [1.54, 1.807) is 0 Å². The quantitative estimate of drug-likeness (QED) is 0.752. The van der Waals surface area contributed by atoms with E-state index in [4.69, 9.17) is 4.74 Å². The highest BCUT2D eigenvalue weighted by Crippen LogP contribution is 2.21. The van der Waals surface area contributed by atoms with Gasteiger partial charge in [-0.25, -0.2) is 0 Å². The topological polar surface area (TPSA) is 41.5 Å². The minimum absolute atomic E-state index is 0.106. The van der Waals surface area contributed by atoms with Crippen LogP contribution in [0.1, 0.15) is 11.5 Å². The number of rotatable bonds is 2. The van der Waals surface area contributed by atoms with Crippen LogP contribution in [0.4, 0.5) is 0 Å². The predicted octanol–water partition coefficient (Wildman–Crippen LogP) is 0.751. The Hall–Kier alpha value is -0.900. The van der Waals surface area contributed by atoms with Gasteiger partial charge in [-0.15, -0.1) is 0 Å². The molecule has 0 spiro atoms. The van der Waals surface area contributed by atoms with Crippen LogP contribution >= 0.6 is 0 Å². The molecule has 0 amide bonds. The molecule has 0 aliphatic carbocycles. The van der Waals surface area contributed by atoms with Gasteiger partial charge in [0.15, 0.2) is 0 Å². The highest BCUT2D eigenvalue weighted by molar-refractivity contribution is 5.21. The van der Waals surface area contributed by atoms with Crippen LogP contribution in [-0.2, 0) is 4.74 Å². The first-order chi connectivity index (χ1) is 7.42. The zero-order valence-electron chi connectivity index (χ0n) is 8.73. The third-order valence-corrected chi connectivity index (χ3v) is 2.86. The summed E-state index contributed by atoms with van der Waals surface area (Å²) in [5.41, 5.74) is 1.23.